The molecule has 3 aromatic carbocycles. The summed E-state index contributed by atoms with van der Waals surface area (Å²) in [6.45, 7) is 0. The average molecular weight is 365 g/mol. The maximum Gasteiger partial charge on any atom is 0.255 e. The minimum Gasteiger partial charge on any atom is -0.322 e. The average Bonchev–Trinajstić information content (AvgIpc) is 2.62. The molecule has 132 valence electrons. The highest BCUT2D eigenvalue weighted by Crippen LogP contribution is 2.21. The lowest BCUT2D eigenvalue weighted by molar-refractivity contribution is 0.102. The lowest BCUT2D eigenvalue weighted by Gasteiger charge is -2.08. The summed E-state index contributed by atoms with van der Waals surface area (Å²) in [6.07, 6.45) is 1.17. The van der Waals surface area contributed by atoms with Crippen molar-refractivity contribution in [3.05, 3.63) is 90.0 Å². The third kappa shape index (κ3) is 4.80. The monoisotopic (exact) mass is 365 g/mol. The zero-order chi connectivity index (χ0) is 18.6. The molecule has 0 spiro atoms. The lowest BCUT2D eigenvalue weighted by atomic mass is 10.1. The minimum absolute atomic E-state index is 0.0834. The third-order valence-corrected chi connectivity index (χ3v) is 4.73. The van der Waals surface area contributed by atoms with E-state index in [4.69, 9.17) is 0 Å². The van der Waals surface area contributed by atoms with Gasteiger partial charge in [0, 0.05) is 17.5 Å². The Morgan fingerprint density at radius 2 is 1.50 bits per heavy atom. The summed E-state index contributed by atoms with van der Waals surface area (Å²) in [6, 6.07) is 24.2. The normalized spacial score (nSPS) is 11.1. The van der Waals surface area contributed by atoms with E-state index in [0.717, 1.165) is 11.1 Å². The van der Waals surface area contributed by atoms with Gasteiger partial charge < -0.3 is 5.32 Å². The van der Waals surface area contributed by atoms with Crippen LogP contribution in [0, 0.1) is 0 Å². The second-order valence-electron chi connectivity index (χ2n) is 6.17. The van der Waals surface area contributed by atoms with E-state index in [-0.39, 0.29) is 11.7 Å². The van der Waals surface area contributed by atoms with E-state index in [1.807, 2.05) is 54.6 Å². The third-order valence-electron chi connectivity index (χ3n) is 3.87. The number of hydrogen-bond donors (Lipinski definition) is 1. The standard InChI is InChI=1S/C21H19NO3S/c1-26(24,25)15-16-6-5-9-19(14-16)21(23)22-20-12-10-18(11-13-20)17-7-3-2-4-8-17/h2-14H,15H2,1H3,(H,22,23). The molecule has 1 N–H and O–H groups in total. The fourth-order valence-corrected chi connectivity index (χ4v) is 3.47. The van der Waals surface area contributed by atoms with Gasteiger partial charge in [-0.05, 0) is 41.0 Å². The van der Waals surface area contributed by atoms with E-state index in [1.165, 1.54) is 6.26 Å². The number of benzene rings is 3. The summed E-state index contributed by atoms with van der Waals surface area (Å²) < 4.78 is 22.8. The van der Waals surface area contributed by atoms with Crippen molar-refractivity contribution >= 4 is 21.4 Å². The molecule has 0 saturated heterocycles. The molecule has 0 bridgehead atoms. The molecule has 0 aromatic heterocycles. The van der Waals surface area contributed by atoms with Crippen molar-refractivity contribution < 1.29 is 13.2 Å². The molecule has 0 saturated carbocycles. The predicted molar refractivity (Wildman–Crippen MR) is 105 cm³/mol. The van der Waals surface area contributed by atoms with Crippen LogP contribution in [0.15, 0.2) is 78.9 Å². The molecule has 1 amide bonds. The Kier molecular flexibility index (Phi) is 5.19. The lowest BCUT2D eigenvalue weighted by Crippen LogP contribution is -2.12. The summed E-state index contributed by atoms with van der Waals surface area (Å²) in [5.41, 5.74) is 3.89. The van der Waals surface area contributed by atoms with Crippen LogP contribution in [0.3, 0.4) is 0 Å². The highest BCUT2D eigenvalue weighted by atomic mass is 32.2. The Hall–Kier alpha value is -2.92. The molecular weight excluding hydrogens is 346 g/mol. The first kappa shape index (κ1) is 17.9. The Balaban J connectivity index is 1.73. The fraction of sp³-hybridized carbons (Fsp3) is 0.0952. The molecule has 3 aromatic rings. The molecule has 4 nitrogen and oxygen atoms in total. The van der Waals surface area contributed by atoms with Crippen molar-refractivity contribution in [2.75, 3.05) is 11.6 Å². The van der Waals surface area contributed by atoms with Crippen molar-refractivity contribution in [1.29, 1.82) is 0 Å². The van der Waals surface area contributed by atoms with E-state index in [1.54, 1.807) is 24.3 Å². The van der Waals surface area contributed by atoms with Crippen LogP contribution in [0.1, 0.15) is 15.9 Å². The summed E-state index contributed by atoms with van der Waals surface area (Å²) >= 11 is 0. The molecule has 0 heterocycles. The molecule has 0 unspecified atom stereocenters. The smallest absolute Gasteiger partial charge is 0.255 e. The number of hydrogen-bond acceptors (Lipinski definition) is 3. The Labute approximate surface area is 153 Å². The number of nitrogens with one attached hydrogen (secondary N) is 1. The van der Waals surface area contributed by atoms with Gasteiger partial charge in [-0.1, -0.05) is 54.6 Å². The van der Waals surface area contributed by atoms with Gasteiger partial charge in [-0.2, -0.15) is 0 Å². The van der Waals surface area contributed by atoms with E-state index in [0.29, 0.717) is 16.8 Å². The maximum atomic E-state index is 12.4. The molecule has 0 fully saturated rings. The Morgan fingerprint density at radius 1 is 0.846 bits per heavy atom. The second-order valence-corrected chi connectivity index (χ2v) is 8.31. The van der Waals surface area contributed by atoms with Crippen LogP contribution in [-0.2, 0) is 15.6 Å². The van der Waals surface area contributed by atoms with Gasteiger partial charge in [-0.15, -0.1) is 0 Å². The number of carbonyl (C=O) groups excluding carboxylic acids is 1. The molecule has 0 atom stereocenters. The summed E-state index contributed by atoms with van der Waals surface area (Å²) in [5, 5.41) is 2.84. The van der Waals surface area contributed by atoms with Crippen LogP contribution in [0.5, 0.6) is 0 Å². The molecular formula is C21H19NO3S. The quantitative estimate of drug-likeness (QED) is 0.739. The van der Waals surface area contributed by atoms with Crippen LogP contribution >= 0.6 is 0 Å². The van der Waals surface area contributed by atoms with Gasteiger partial charge in [0.25, 0.3) is 5.91 Å². The molecule has 0 radical (unpaired) electrons. The highest BCUT2D eigenvalue weighted by molar-refractivity contribution is 7.89. The number of carbonyl (C=O) groups is 1. The van der Waals surface area contributed by atoms with Crippen LogP contribution in [0.2, 0.25) is 0 Å². The zero-order valence-electron chi connectivity index (χ0n) is 14.3. The molecule has 26 heavy (non-hydrogen) atoms. The van der Waals surface area contributed by atoms with Crippen molar-refractivity contribution in [2.45, 2.75) is 5.75 Å². The fourth-order valence-electron chi connectivity index (χ4n) is 2.68. The molecule has 0 aliphatic rings. The molecule has 5 heteroatoms. The molecule has 0 aliphatic carbocycles. The maximum absolute atomic E-state index is 12.4. The van der Waals surface area contributed by atoms with Crippen LogP contribution in [-0.4, -0.2) is 20.6 Å². The SMILES string of the molecule is CS(=O)(=O)Cc1cccc(C(=O)Nc2ccc(-c3ccccc3)cc2)c1. The number of anilines is 1. The van der Waals surface area contributed by atoms with E-state index < -0.39 is 9.84 Å². The molecule has 3 rings (SSSR count). The minimum atomic E-state index is -3.14. The first-order chi connectivity index (χ1) is 12.4. The van der Waals surface area contributed by atoms with Crippen molar-refractivity contribution in [3.63, 3.8) is 0 Å². The van der Waals surface area contributed by atoms with Gasteiger partial charge in [-0.25, -0.2) is 8.42 Å². The first-order valence-electron chi connectivity index (χ1n) is 8.14. The molecule has 0 aliphatic heterocycles. The van der Waals surface area contributed by atoms with Gasteiger partial charge in [0.05, 0.1) is 5.75 Å². The van der Waals surface area contributed by atoms with Crippen LogP contribution < -0.4 is 5.32 Å². The van der Waals surface area contributed by atoms with E-state index in [9.17, 15) is 13.2 Å². The van der Waals surface area contributed by atoms with Crippen molar-refractivity contribution in [1.82, 2.24) is 0 Å². The van der Waals surface area contributed by atoms with Gasteiger partial charge in [0.2, 0.25) is 0 Å². The largest absolute Gasteiger partial charge is 0.322 e. The predicted octanol–water partition coefficient (Wildman–Crippen LogP) is 4.15. The number of sulfone groups is 1. The van der Waals surface area contributed by atoms with Gasteiger partial charge in [0.15, 0.2) is 9.84 Å². The van der Waals surface area contributed by atoms with Gasteiger partial charge in [0.1, 0.15) is 0 Å². The van der Waals surface area contributed by atoms with Crippen molar-refractivity contribution in [3.8, 4) is 11.1 Å². The highest BCUT2D eigenvalue weighted by Gasteiger charge is 2.10. The number of rotatable bonds is 5. The Bertz CT molecular complexity index is 1010. The van der Waals surface area contributed by atoms with Gasteiger partial charge >= 0.3 is 0 Å². The number of amides is 1. The Morgan fingerprint density at radius 3 is 2.15 bits per heavy atom. The first-order valence-corrected chi connectivity index (χ1v) is 10.2. The van der Waals surface area contributed by atoms with Crippen LogP contribution in [0.25, 0.3) is 11.1 Å². The summed E-state index contributed by atoms with van der Waals surface area (Å²) in [5.74, 6) is -0.354. The summed E-state index contributed by atoms with van der Waals surface area (Å²) in [4.78, 5) is 12.4. The van der Waals surface area contributed by atoms with E-state index in [2.05, 4.69) is 5.32 Å². The zero-order valence-corrected chi connectivity index (χ0v) is 15.2. The van der Waals surface area contributed by atoms with Gasteiger partial charge in [-0.3, -0.25) is 4.79 Å². The summed E-state index contributed by atoms with van der Waals surface area (Å²) in [7, 11) is -3.14. The van der Waals surface area contributed by atoms with E-state index >= 15 is 0 Å². The van der Waals surface area contributed by atoms with Crippen LogP contribution in [0.4, 0.5) is 5.69 Å². The van der Waals surface area contributed by atoms with Crippen molar-refractivity contribution in [2.24, 2.45) is 0 Å². The topological polar surface area (TPSA) is 63.2 Å². The second kappa shape index (κ2) is 7.54.